The third kappa shape index (κ3) is 5.16. The normalized spacial score (nSPS) is 18.6. The van der Waals surface area contributed by atoms with Crippen LogP contribution in [-0.2, 0) is 6.54 Å². The van der Waals surface area contributed by atoms with E-state index in [2.05, 4.69) is 31.4 Å². The van der Waals surface area contributed by atoms with Gasteiger partial charge in [-0.1, -0.05) is 31.0 Å². The third-order valence-corrected chi connectivity index (χ3v) is 7.33. The summed E-state index contributed by atoms with van der Waals surface area (Å²) in [6.07, 6.45) is 5.32. The minimum atomic E-state index is -0.256. The minimum Gasteiger partial charge on any atom is -0.493 e. The Morgan fingerprint density at radius 2 is 1.66 bits per heavy atom. The first kappa shape index (κ1) is 23.7. The van der Waals surface area contributed by atoms with Crippen LogP contribution in [0.5, 0.6) is 11.5 Å². The zero-order valence-electron chi connectivity index (χ0n) is 20.4. The summed E-state index contributed by atoms with van der Waals surface area (Å²) in [4.78, 5) is 5.11. The lowest BCUT2D eigenvalue weighted by Gasteiger charge is -2.41. The molecular formula is C26H33FN6O2. The maximum Gasteiger partial charge on any atom is 0.173 e. The number of aromatic nitrogens is 4. The van der Waals surface area contributed by atoms with Crippen LogP contribution >= 0.6 is 0 Å². The molecule has 35 heavy (non-hydrogen) atoms. The van der Waals surface area contributed by atoms with Gasteiger partial charge < -0.3 is 9.47 Å². The lowest BCUT2D eigenvalue weighted by Crippen LogP contribution is -2.51. The van der Waals surface area contributed by atoms with Gasteiger partial charge in [-0.2, -0.15) is 0 Å². The molecule has 2 fully saturated rings. The van der Waals surface area contributed by atoms with E-state index in [4.69, 9.17) is 9.47 Å². The van der Waals surface area contributed by atoms with Gasteiger partial charge in [-0.25, -0.2) is 9.07 Å². The number of tetrazole rings is 1. The molecule has 1 atom stereocenters. The van der Waals surface area contributed by atoms with Crippen molar-refractivity contribution in [1.82, 2.24) is 30.0 Å². The number of ether oxygens (including phenoxy) is 2. The highest BCUT2D eigenvalue weighted by Gasteiger charge is 2.33. The van der Waals surface area contributed by atoms with E-state index in [-0.39, 0.29) is 11.9 Å². The molecule has 2 heterocycles. The fourth-order valence-corrected chi connectivity index (χ4v) is 5.46. The lowest BCUT2D eigenvalue weighted by molar-refractivity contribution is 0.0770. The van der Waals surface area contributed by atoms with E-state index in [1.54, 1.807) is 26.4 Å². The van der Waals surface area contributed by atoms with Crippen LogP contribution in [-0.4, -0.2) is 76.4 Å². The summed E-state index contributed by atoms with van der Waals surface area (Å²) in [7, 11) is 3.29. The largest absolute Gasteiger partial charge is 0.493 e. The Morgan fingerprint density at radius 3 is 2.34 bits per heavy atom. The Labute approximate surface area is 205 Å². The minimum absolute atomic E-state index is 0.143. The Bertz CT molecular complexity index is 1110. The second-order valence-electron chi connectivity index (χ2n) is 9.35. The number of piperazine rings is 1. The number of hydrogen-bond donors (Lipinski definition) is 0. The quantitative estimate of drug-likeness (QED) is 0.489. The van der Waals surface area contributed by atoms with E-state index in [1.165, 1.54) is 37.8 Å². The van der Waals surface area contributed by atoms with Gasteiger partial charge in [0.15, 0.2) is 17.3 Å². The van der Waals surface area contributed by atoms with Crippen LogP contribution in [0.15, 0.2) is 42.5 Å². The van der Waals surface area contributed by atoms with Gasteiger partial charge in [-0.15, -0.1) is 5.10 Å². The second kappa shape index (κ2) is 10.7. The summed E-state index contributed by atoms with van der Waals surface area (Å²) >= 11 is 0. The molecule has 1 aliphatic heterocycles. The van der Waals surface area contributed by atoms with Crippen molar-refractivity contribution in [2.24, 2.45) is 0 Å². The molecule has 2 aliphatic rings. The van der Waals surface area contributed by atoms with Gasteiger partial charge in [0.25, 0.3) is 0 Å². The van der Waals surface area contributed by atoms with E-state index in [0.717, 1.165) is 49.2 Å². The molecule has 2 aromatic carbocycles. The second-order valence-corrected chi connectivity index (χ2v) is 9.35. The Morgan fingerprint density at radius 1 is 0.943 bits per heavy atom. The van der Waals surface area contributed by atoms with Gasteiger partial charge in [-0.3, -0.25) is 9.80 Å². The van der Waals surface area contributed by atoms with Crippen LogP contribution < -0.4 is 9.47 Å². The number of methoxy groups -OCH3 is 2. The van der Waals surface area contributed by atoms with E-state index >= 15 is 0 Å². The molecule has 0 unspecified atom stereocenters. The summed E-state index contributed by atoms with van der Waals surface area (Å²) in [6.45, 7) is 4.40. The smallest absolute Gasteiger partial charge is 0.173 e. The predicted molar refractivity (Wildman–Crippen MR) is 130 cm³/mol. The van der Waals surface area contributed by atoms with Gasteiger partial charge in [0, 0.05) is 32.2 Å². The Hall–Kier alpha value is -3.04. The molecule has 1 aromatic heterocycles. The molecular weight excluding hydrogens is 447 g/mol. The Balaban J connectivity index is 1.45. The van der Waals surface area contributed by atoms with E-state index in [0.29, 0.717) is 18.0 Å². The molecule has 1 aliphatic carbocycles. The van der Waals surface area contributed by atoms with Gasteiger partial charge in [0.1, 0.15) is 5.82 Å². The fraction of sp³-hybridized carbons (Fsp3) is 0.500. The van der Waals surface area contributed by atoms with Crippen LogP contribution in [0.25, 0.3) is 0 Å². The SMILES string of the molecule is COc1ccc([C@@H](c2nnnn2Cc2ccc(F)cc2)N2CCN(C3CCCC3)CC2)cc1OC. The number of halogens is 1. The van der Waals surface area contributed by atoms with E-state index < -0.39 is 0 Å². The summed E-state index contributed by atoms with van der Waals surface area (Å²) in [5, 5.41) is 12.8. The number of rotatable bonds is 8. The summed E-state index contributed by atoms with van der Waals surface area (Å²) < 4.78 is 26.3. The van der Waals surface area contributed by atoms with Crippen LogP contribution in [0.3, 0.4) is 0 Å². The van der Waals surface area contributed by atoms with Gasteiger partial charge >= 0.3 is 0 Å². The fourth-order valence-electron chi connectivity index (χ4n) is 5.46. The first-order valence-corrected chi connectivity index (χ1v) is 12.4. The average molecular weight is 481 g/mol. The maximum atomic E-state index is 13.4. The van der Waals surface area contributed by atoms with Crippen molar-refractivity contribution < 1.29 is 13.9 Å². The molecule has 0 radical (unpaired) electrons. The van der Waals surface area contributed by atoms with Crippen molar-refractivity contribution in [3.05, 3.63) is 65.2 Å². The maximum absolute atomic E-state index is 13.4. The third-order valence-electron chi connectivity index (χ3n) is 7.33. The van der Waals surface area contributed by atoms with E-state index in [9.17, 15) is 4.39 Å². The van der Waals surface area contributed by atoms with Crippen LogP contribution in [0.1, 0.15) is 48.7 Å². The van der Waals surface area contributed by atoms with Crippen molar-refractivity contribution in [2.75, 3.05) is 40.4 Å². The molecule has 0 amide bonds. The molecule has 186 valence electrons. The average Bonchev–Trinajstić information content (AvgIpc) is 3.59. The van der Waals surface area contributed by atoms with Crippen LogP contribution in [0.4, 0.5) is 4.39 Å². The van der Waals surface area contributed by atoms with Crippen molar-refractivity contribution in [2.45, 2.75) is 44.3 Å². The molecule has 0 spiro atoms. The molecule has 0 bridgehead atoms. The number of benzene rings is 2. The molecule has 0 N–H and O–H groups in total. The molecule has 8 nitrogen and oxygen atoms in total. The molecule has 1 saturated heterocycles. The topological polar surface area (TPSA) is 68.5 Å². The number of nitrogens with zero attached hydrogens (tertiary/aromatic N) is 6. The van der Waals surface area contributed by atoms with Gasteiger partial charge in [-0.05, 0) is 58.7 Å². The highest BCUT2D eigenvalue weighted by Crippen LogP contribution is 2.35. The van der Waals surface area contributed by atoms with Crippen molar-refractivity contribution in [3.63, 3.8) is 0 Å². The lowest BCUT2D eigenvalue weighted by atomic mass is 10.0. The predicted octanol–water partition coefficient (Wildman–Crippen LogP) is 3.53. The van der Waals surface area contributed by atoms with Gasteiger partial charge in [0.2, 0.25) is 0 Å². The molecule has 9 heteroatoms. The highest BCUT2D eigenvalue weighted by atomic mass is 19.1. The monoisotopic (exact) mass is 480 g/mol. The zero-order chi connectivity index (χ0) is 24.2. The highest BCUT2D eigenvalue weighted by molar-refractivity contribution is 5.45. The number of hydrogen-bond acceptors (Lipinski definition) is 7. The Kier molecular flexibility index (Phi) is 7.24. The van der Waals surface area contributed by atoms with Crippen LogP contribution in [0, 0.1) is 5.82 Å². The molecule has 1 saturated carbocycles. The zero-order valence-corrected chi connectivity index (χ0v) is 20.4. The van der Waals surface area contributed by atoms with Crippen molar-refractivity contribution in [1.29, 1.82) is 0 Å². The standard InChI is InChI=1S/C26H33FN6O2/c1-34-23-12-9-20(17-24(23)35-2)25(32-15-13-31(14-16-32)22-5-3-4-6-22)26-28-29-30-33(26)18-19-7-10-21(27)11-8-19/h7-12,17,22,25H,3-6,13-16,18H2,1-2H3/t25-/m0/s1. The first-order valence-electron chi connectivity index (χ1n) is 12.4. The first-order chi connectivity index (χ1) is 17.2. The van der Waals surface area contributed by atoms with E-state index in [1.807, 2.05) is 16.8 Å². The summed E-state index contributed by atoms with van der Waals surface area (Å²) in [6, 6.07) is 13.1. The van der Waals surface area contributed by atoms with Gasteiger partial charge in [0.05, 0.1) is 26.8 Å². The summed E-state index contributed by atoms with van der Waals surface area (Å²) in [5.74, 6) is 1.87. The van der Waals surface area contributed by atoms with Crippen molar-refractivity contribution in [3.8, 4) is 11.5 Å². The molecule has 3 aromatic rings. The summed E-state index contributed by atoms with van der Waals surface area (Å²) in [5.41, 5.74) is 1.99. The van der Waals surface area contributed by atoms with Crippen molar-refractivity contribution >= 4 is 0 Å². The molecule has 5 rings (SSSR count). The van der Waals surface area contributed by atoms with Crippen LogP contribution in [0.2, 0.25) is 0 Å².